The van der Waals surface area contributed by atoms with Gasteiger partial charge in [-0.3, -0.25) is 4.79 Å². The topological polar surface area (TPSA) is 41.6 Å². The molecule has 1 saturated heterocycles. The van der Waals surface area contributed by atoms with Gasteiger partial charge in [-0.25, -0.2) is 0 Å². The minimum atomic E-state index is 0.176. The zero-order chi connectivity index (χ0) is 12.7. The zero-order valence-corrected chi connectivity index (χ0v) is 11.4. The molecule has 1 aliphatic heterocycles. The lowest BCUT2D eigenvalue weighted by molar-refractivity contribution is -0.116. The molecular weight excluding hydrogens is 216 g/mol. The highest BCUT2D eigenvalue weighted by Gasteiger charge is 2.20. The molecule has 1 N–H and O–H groups in total. The van der Waals surface area contributed by atoms with Crippen molar-refractivity contribution in [3.63, 3.8) is 0 Å². The second-order valence-electron chi connectivity index (χ2n) is 5.08. The van der Waals surface area contributed by atoms with E-state index in [-0.39, 0.29) is 5.78 Å². The summed E-state index contributed by atoms with van der Waals surface area (Å²) in [4.78, 5) is 13.2. The molecule has 0 aromatic heterocycles. The molecule has 0 bridgehead atoms. The average Bonchev–Trinajstić information content (AvgIpc) is 2.29. The predicted molar refractivity (Wildman–Crippen MR) is 69.2 cm³/mol. The Kier molecular flexibility index (Phi) is 6.70. The van der Waals surface area contributed by atoms with Crippen molar-refractivity contribution >= 4 is 5.78 Å². The maximum absolute atomic E-state index is 10.7. The number of nitrogens with one attached hydrogen (secondary N) is 1. The van der Waals surface area contributed by atoms with Gasteiger partial charge in [0.15, 0.2) is 0 Å². The maximum Gasteiger partial charge on any atom is 0.143 e. The van der Waals surface area contributed by atoms with Crippen LogP contribution in [-0.2, 0) is 9.53 Å². The van der Waals surface area contributed by atoms with Gasteiger partial charge in [-0.05, 0) is 33.6 Å². The number of nitrogens with zero attached hydrogens (tertiary/aromatic N) is 1. The van der Waals surface area contributed by atoms with Gasteiger partial charge in [-0.2, -0.15) is 0 Å². The van der Waals surface area contributed by atoms with E-state index in [1.807, 2.05) is 0 Å². The lowest BCUT2D eigenvalue weighted by Gasteiger charge is -2.34. The monoisotopic (exact) mass is 242 g/mol. The molecule has 1 rings (SSSR count). The second-order valence-corrected chi connectivity index (χ2v) is 5.08. The number of hydrogen-bond acceptors (Lipinski definition) is 4. The summed E-state index contributed by atoms with van der Waals surface area (Å²) >= 11 is 0. The van der Waals surface area contributed by atoms with Crippen LogP contribution in [0.2, 0.25) is 0 Å². The van der Waals surface area contributed by atoms with Gasteiger partial charge in [0.2, 0.25) is 0 Å². The van der Waals surface area contributed by atoms with Crippen molar-refractivity contribution in [1.82, 2.24) is 10.2 Å². The quantitative estimate of drug-likeness (QED) is 0.678. The molecule has 0 amide bonds. The minimum absolute atomic E-state index is 0.176. The van der Waals surface area contributed by atoms with Crippen molar-refractivity contribution in [1.29, 1.82) is 0 Å². The summed E-state index contributed by atoms with van der Waals surface area (Å²) < 4.78 is 5.79. The highest BCUT2D eigenvalue weighted by atomic mass is 16.5. The van der Waals surface area contributed by atoms with Gasteiger partial charge >= 0.3 is 0 Å². The first-order chi connectivity index (χ1) is 8.09. The molecule has 0 saturated carbocycles. The van der Waals surface area contributed by atoms with E-state index in [0.29, 0.717) is 25.3 Å². The normalized spacial score (nSPS) is 18.8. The Morgan fingerprint density at radius 3 is 2.59 bits per heavy atom. The van der Waals surface area contributed by atoms with Gasteiger partial charge in [0, 0.05) is 25.7 Å². The van der Waals surface area contributed by atoms with Crippen LogP contribution in [0.25, 0.3) is 0 Å². The predicted octanol–water partition coefficient (Wildman–Crippen LogP) is 1.05. The van der Waals surface area contributed by atoms with Gasteiger partial charge in [0.25, 0.3) is 0 Å². The van der Waals surface area contributed by atoms with E-state index in [1.54, 1.807) is 6.92 Å². The molecule has 0 spiro atoms. The van der Waals surface area contributed by atoms with Crippen LogP contribution in [-0.4, -0.2) is 55.6 Å². The van der Waals surface area contributed by atoms with E-state index < -0.39 is 0 Å². The SMILES string of the molecule is CC(=O)CNCCOC1CCN(C(C)C)CC1. The summed E-state index contributed by atoms with van der Waals surface area (Å²) in [6.45, 7) is 10.3. The van der Waals surface area contributed by atoms with Crippen LogP contribution in [0.15, 0.2) is 0 Å². The summed E-state index contributed by atoms with van der Waals surface area (Å²) in [5, 5.41) is 3.07. The van der Waals surface area contributed by atoms with E-state index in [4.69, 9.17) is 4.74 Å². The van der Waals surface area contributed by atoms with Crippen LogP contribution in [0, 0.1) is 0 Å². The molecule has 0 atom stereocenters. The first kappa shape index (κ1) is 14.6. The summed E-state index contributed by atoms with van der Waals surface area (Å²) in [5.74, 6) is 0.176. The molecular formula is C13H26N2O2. The Morgan fingerprint density at radius 2 is 2.06 bits per heavy atom. The van der Waals surface area contributed by atoms with Gasteiger partial charge in [-0.1, -0.05) is 0 Å². The number of piperidine rings is 1. The molecule has 0 aromatic carbocycles. The van der Waals surface area contributed by atoms with E-state index >= 15 is 0 Å². The van der Waals surface area contributed by atoms with Crippen LogP contribution < -0.4 is 5.32 Å². The van der Waals surface area contributed by atoms with E-state index in [2.05, 4.69) is 24.1 Å². The van der Waals surface area contributed by atoms with Gasteiger partial charge in [0.05, 0.1) is 19.3 Å². The van der Waals surface area contributed by atoms with Crippen molar-refractivity contribution in [2.24, 2.45) is 0 Å². The fourth-order valence-electron chi connectivity index (χ4n) is 2.12. The molecule has 4 nitrogen and oxygen atoms in total. The van der Waals surface area contributed by atoms with Crippen LogP contribution in [0.4, 0.5) is 0 Å². The number of hydrogen-bond donors (Lipinski definition) is 1. The second kappa shape index (κ2) is 7.80. The third-order valence-electron chi connectivity index (χ3n) is 3.21. The Morgan fingerprint density at radius 1 is 1.41 bits per heavy atom. The van der Waals surface area contributed by atoms with Crippen molar-refractivity contribution in [2.75, 3.05) is 32.8 Å². The van der Waals surface area contributed by atoms with Crippen LogP contribution in [0.1, 0.15) is 33.6 Å². The molecule has 4 heteroatoms. The summed E-state index contributed by atoms with van der Waals surface area (Å²) in [5.41, 5.74) is 0. The van der Waals surface area contributed by atoms with E-state index in [0.717, 1.165) is 32.5 Å². The van der Waals surface area contributed by atoms with Gasteiger partial charge in [0.1, 0.15) is 5.78 Å². The minimum Gasteiger partial charge on any atom is -0.377 e. The summed E-state index contributed by atoms with van der Waals surface area (Å²) in [7, 11) is 0. The summed E-state index contributed by atoms with van der Waals surface area (Å²) in [6, 6.07) is 0.646. The molecule has 0 radical (unpaired) electrons. The largest absolute Gasteiger partial charge is 0.377 e. The van der Waals surface area contributed by atoms with Gasteiger partial charge < -0.3 is 15.0 Å². The van der Waals surface area contributed by atoms with E-state index in [9.17, 15) is 4.79 Å². The Labute approximate surface area is 105 Å². The Hall–Kier alpha value is -0.450. The highest BCUT2D eigenvalue weighted by molar-refractivity contribution is 5.77. The van der Waals surface area contributed by atoms with Gasteiger partial charge in [-0.15, -0.1) is 0 Å². The first-order valence-electron chi connectivity index (χ1n) is 6.65. The standard InChI is InChI=1S/C13H26N2O2/c1-11(2)15-7-4-13(5-8-15)17-9-6-14-10-12(3)16/h11,13-14H,4-10H2,1-3H3. The zero-order valence-electron chi connectivity index (χ0n) is 11.4. The van der Waals surface area contributed by atoms with Crippen molar-refractivity contribution in [3.8, 4) is 0 Å². The molecule has 1 aliphatic rings. The molecule has 0 aromatic rings. The lowest BCUT2D eigenvalue weighted by atomic mass is 10.1. The lowest BCUT2D eigenvalue weighted by Crippen LogP contribution is -2.41. The molecule has 100 valence electrons. The first-order valence-corrected chi connectivity index (χ1v) is 6.65. The molecule has 1 fully saturated rings. The number of carbonyl (C=O) groups excluding carboxylic acids is 1. The molecule has 0 unspecified atom stereocenters. The van der Waals surface area contributed by atoms with Crippen molar-refractivity contribution < 1.29 is 9.53 Å². The third kappa shape index (κ3) is 6.15. The fourth-order valence-corrected chi connectivity index (χ4v) is 2.12. The number of likely N-dealkylation sites (tertiary alicyclic amines) is 1. The van der Waals surface area contributed by atoms with Crippen molar-refractivity contribution in [2.45, 2.75) is 45.8 Å². The number of rotatable bonds is 7. The summed E-state index contributed by atoms with van der Waals surface area (Å²) in [6.07, 6.45) is 2.67. The van der Waals surface area contributed by atoms with Crippen LogP contribution in [0.5, 0.6) is 0 Å². The van der Waals surface area contributed by atoms with Crippen molar-refractivity contribution in [3.05, 3.63) is 0 Å². The maximum atomic E-state index is 10.7. The Balaban J connectivity index is 2.01. The fraction of sp³-hybridized carbons (Fsp3) is 0.923. The number of carbonyl (C=O) groups is 1. The van der Waals surface area contributed by atoms with Crippen LogP contribution in [0.3, 0.4) is 0 Å². The van der Waals surface area contributed by atoms with E-state index in [1.165, 1.54) is 0 Å². The smallest absolute Gasteiger partial charge is 0.143 e. The van der Waals surface area contributed by atoms with Crippen LogP contribution >= 0.6 is 0 Å². The number of ketones is 1. The highest BCUT2D eigenvalue weighted by Crippen LogP contribution is 2.15. The average molecular weight is 242 g/mol. The molecule has 17 heavy (non-hydrogen) atoms. The number of ether oxygens (including phenoxy) is 1. The number of Topliss-reactive ketones (excluding diaryl/α,β-unsaturated/α-hetero) is 1. The molecule has 1 heterocycles. The third-order valence-corrected chi connectivity index (χ3v) is 3.21. The Bertz CT molecular complexity index is 223. The molecule has 0 aliphatic carbocycles.